The van der Waals surface area contributed by atoms with Crippen LogP contribution >= 0.6 is 11.6 Å². The van der Waals surface area contributed by atoms with Crippen LogP contribution in [-0.4, -0.2) is 28.7 Å². The fourth-order valence-electron chi connectivity index (χ4n) is 1.69. The number of carbonyl (C=O) groups excluding carboxylic acids is 1. The molecule has 0 fully saturated rings. The quantitative estimate of drug-likeness (QED) is 0.848. The van der Waals surface area contributed by atoms with Crippen molar-refractivity contribution in [2.75, 3.05) is 5.01 Å². The second kappa shape index (κ2) is 4.66. The third-order valence-electron chi connectivity index (χ3n) is 2.58. The van der Waals surface area contributed by atoms with E-state index in [0.717, 1.165) is 0 Å². The Kier molecular flexibility index (Phi) is 3.20. The number of amides is 1. The fraction of sp³-hybridized carbons (Fsp3) is 0.182. The van der Waals surface area contributed by atoms with Crippen molar-refractivity contribution in [2.45, 2.75) is 12.5 Å². The maximum atomic E-state index is 11.3. The summed E-state index contributed by atoms with van der Waals surface area (Å²) in [5.41, 5.74) is 5.72. The highest BCUT2D eigenvalue weighted by atomic mass is 35.5. The monoisotopic (exact) mass is 267 g/mol. The Labute approximate surface area is 108 Å². The second-order valence-corrected chi connectivity index (χ2v) is 4.23. The molecule has 0 aliphatic carbocycles. The summed E-state index contributed by atoms with van der Waals surface area (Å²) in [5, 5.41) is 14.6. The maximum absolute atomic E-state index is 11.3. The number of nitrogens with zero attached hydrogens (tertiary/aromatic N) is 2. The van der Waals surface area contributed by atoms with E-state index in [1.165, 1.54) is 5.01 Å². The van der Waals surface area contributed by atoms with Crippen LogP contribution in [0.2, 0.25) is 5.02 Å². The first-order valence-corrected chi connectivity index (χ1v) is 5.51. The van der Waals surface area contributed by atoms with Gasteiger partial charge >= 0.3 is 5.97 Å². The van der Waals surface area contributed by atoms with Crippen molar-refractivity contribution in [1.29, 1.82) is 0 Å². The standard InChI is InChI=1S/C11H10ClN3O3/c12-6-1-3-7(4-2-6)15-9(10(13)16)5-8(14-15)11(17)18/h1-4,9H,5H2,(H2,13,16)(H,17,18). The zero-order valence-corrected chi connectivity index (χ0v) is 9.96. The van der Waals surface area contributed by atoms with Crippen molar-refractivity contribution in [2.24, 2.45) is 10.8 Å². The lowest BCUT2D eigenvalue weighted by molar-refractivity contribution is -0.129. The summed E-state index contributed by atoms with van der Waals surface area (Å²) in [7, 11) is 0. The molecular weight excluding hydrogens is 258 g/mol. The number of nitrogens with two attached hydrogens (primary N) is 1. The highest BCUT2D eigenvalue weighted by Crippen LogP contribution is 2.25. The molecule has 94 valence electrons. The number of carboxylic acids is 1. The van der Waals surface area contributed by atoms with Gasteiger partial charge in [-0.1, -0.05) is 11.6 Å². The first kappa shape index (κ1) is 12.4. The van der Waals surface area contributed by atoms with Crippen LogP contribution in [0.3, 0.4) is 0 Å². The number of primary amides is 1. The summed E-state index contributed by atoms with van der Waals surface area (Å²) in [4.78, 5) is 22.2. The predicted octanol–water partition coefficient (Wildman–Crippen LogP) is 0.845. The molecule has 0 radical (unpaired) electrons. The minimum atomic E-state index is -1.15. The minimum absolute atomic E-state index is 0.00665. The van der Waals surface area contributed by atoms with Gasteiger partial charge in [0.25, 0.3) is 0 Å². The Hall–Kier alpha value is -2.08. The van der Waals surface area contributed by atoms with E-state index >= 15 is 0 Å². The molecule has 1 aromatic carbocycles. The number of hydrogen-bond donors (Lipinski definition) is 2. The van der Waals surface area contributed by atoms with Gasteiger partial charge in [0.15, 0.2) is 0 Å². The summed E-state index contributed by atoms with van der Waals surface area (Å²) in [6.07, 6.45) is -0.00665. The smallest absolute Gasteiger partial charge is 0.352 e. The Bertz CT molecular complexity index is 527. The molecule has 3 N–H and O–H groups in total. The summed E-state index contributed by atoms with van der Waals surface area (Å²) >= 11 is 5.76. The normalized spacial score (nSPS) is 18.6. The van der Waals surface area contributed by atoms with Crippen molar-refractivity contribution < 1.29 is 14.7 Å². The molecule has 0 bridgehead atoms. The molecule has 1 aromatic rings. The molecule has 0 saturated carbocycles. The molecule has 0 saturated heterocycles. The molecule has 6 nitrogen and oxygen atoms in total. The second-order valence-electron chi connectivity index (χ2n) is 3.80. The SMILES string of the molecule is NC(=O)C1CC(C(=O)O)=NN1c1ccc(Cl)cc1. The van der Waals surface area contributed by atoms with Crippen LogP contribution in [0.5, 0.6) is 0 Å². The van der Waals surface area contributed by atoms with Crippen molar-refractivity contribution >= 4 is 34.9 Å². The van der Waals surface area contributed by atoms with Crippen molar-refractivity contribution in [1.82, 2.24) is 0 Å². The topological polar surface area (TPSA) is 96.0 Å². The average Bonchev–Trinajstić information content (AvgIpc) is 2.75. The van der Waals surface area contributed by atoms with Crippen molar-refractivity contribution in [3.8, 4) is 0 Å². The largest absolute Gasteiger partial charge is 0.477 e. The maximum Gasteiger partial charge on any atom is 0.352 e. The molecule has 1 amide bonds. The third-order valence-corrected chi connectivity index (χ3v) is 2.83. The average molecular weight is 268 g/mol. The Morgan fingerprint density at radius 3 is 2.50 bits per heavy atom. The summed E-state index contributed by atoms with van der Waals surface area (Å²) in [5.74, 6) is -1.78. The van der Waals surface area contributed by atoms with Crippen LogP contribution in [0.4, 0.5) is 5.69 Å². The molecule has 7 heteroatoms. The number of benzene rings is 1. The minimum Gasteiger partial charge on any atom is -0.477 e. The molecule has 0 spiro atoms. The van der Waals surface area contributed by atoms with E-state index in [0.29, 0.717) is 10.7 Å². The fourth-order valence-corrected chi connectivity index (χ4v) is 1.82. The lowest BCUT2D eigenvalue weighted by atomic mass is 10.1. The summed E-state index contributed by atoms with van der Waals surface area (Å²) in [6.45, 7) is 0. The van der Waals surface area contributed by atoms with Gasteiger partial charge in [-0.3, -0.25) is 9.80 Å². The van der Waals surface area contributed by atoms with Crippen LogP contribution in [0, 0.1) is 0 Å². The lowest BCUT2D eigenvalue weighted by Crippen LogP contribution is -2.39. The molecule has 1 aliphatic rings. The van der Waals surface area contributed by atoms with Gasteiger partial charge in [0, 0.05) is 11.4 Å². The van der Waals surface area contributed by atoms with Gasteiger partial charge in [-0.25, -0.2) is 4.79 Å². The van der Waals surface area contributed by atoms with E-state index < -0.39 is 17.9 Å². The Morgan fingerprint density at radius 2 is 2.00 bits per heavy atom. The van der Waals surface area contributed by atoms with Gasteiger partial charge in [-0.05, 0) is 24.3 Å². The van der Waals surface area contributed by atoms with E-state index in [1.807, 2.05) is 0 Å². The van der Waals surface area contributed by atoms with Gasteiger partial charge < -0.3 is 10.8 Å². The highest BCUT2D eigenvalue weighted by Gasteiger charge is 2.34. The first-order chi connectivity index (χ1) is 8.49. The zero-order chi connectivity index (χ0) is 13.3. The number of anilines is 1. The predicted molar refractivity (Wildman–Crippen MR) is 66.6 cm³/mol. The molecule has 2 rings (SSSR count). The van der Waals surface area contributed by atoms with Crippen LogP contribution < -0.4 is 10.7 Å². The van der Waals surface area contributed by atoms with Gasteiger partial charge in [0.05, 0.1) is 5.69 Å². The number of rotatable bonds is 3. The molecule has 1 unspecified atom stereocenters. The summed E-state index contributed by atoms with van der Waals surface area (Å²) in [6, 6.07) is 5.77. The number of carbonyl (C=O) groups is 2. The highest BCUT2D eigenvalue weighted by molar-refractivity contribution is 6.37. The molecule has 1 aliphatic heterocycles. The molecular formula is C11H10ClN3O3. The van der Waals surface area contributed by atoms with Crippen LogP contribution in [-0.2, 0) is 9.59 Å². The van der Waals surface area contributed by atoms with E-state index in [-0.39, 0.29) is 12.1 Å². The Morgan fingerprint density at radius 1 is 1.39 bits per heavy atom. The van der Waals surface area contributed by atoms with Crippen molar-refractivity contribution in [3.63, 3.8) is 0 Å². The number of hydrogen-bond acceptors (Lipinski definition) is 4. The van der Waals surface area contributed by atoms with E-state index in [2.05, 4.69) is 5.10 Å². The van der Waals surface area contributed by atoms with Crippen LogP contribution in [0.25, 0.3) is 0 Å². The van der Waals surface area contributed by atoms with Gasteiger partial charge in [-0.15, -0.1) is 0 Å². The van der Waals surface area contributed by atoms with Crippen LogP contribution in [0.1, 0.15) is 6.42 Å². The molecule has 1 atom stereocenters. The molecule has 18 heavy (non-hydrogen) atoms. The van der Waals surface area contributed by atoms with Gasteiger partial charge in [0.1, 0.15) is 11.8 Å². The van der Waals surface area contributed by atoms with Crippen molar-refractivity contribution in [3.05, 3.63) is 29.3 Å². The molecule has 1 heterocycles. The first-order valence-electron chi connectivity index (χ1n) is 5.14. The number of halogens is 1. The third kappa shape index (κ3) is 2.28. The van der Waals surface area contributed by atoms with Gasteiger partial charge in [-0.2, -0.15) is 5.10 Å². The number of carboxylic acid groups (broad SMARTS) is 1. The summed E-state index contributed by atoms with van der Waals surface area (Å²) < 4.78 is 0. The number of hydrazone groups is 1. The molecule has 0 aromatic heterocycles. The van der Waals surface area contributed by atoms with E-state index in [4.69, 9.17) is 22.4 Å². The van der Waals surface area contributed by atoms with E-state index in [1.54, 1.807) is 24.3 Å². The van der Waals surface area contributed by atoms with Gasteiger partial charge in [0.2, 0.25) is 5.91 Å². The Balaban J connectivity index is 2.36. The lowest BCUT2D eigenvalue weighted by Gasteiger charge is -2.20. The zero-order valence-electron chi connectivity index (χ0n) is 9.21. The van der Waals surface area contributed by atoms with Crippen LogP contribution in [0.15, 0.2) is 29.4 Å². The van der Waals surface area contributed by atoms with E-state index in [9.17, 15) is 9.59 Å². The number of aliphatic carboxylic acids is 1.